The van der Waals surface area contributed by atoms with Gasteiger partial charge in [-0.25, -0.2) is 4.79 Å². The number of benzene rings is 1. The fourth-order valence-corrected chi connectivity index (χ4v) is 2.08. The number of amides is 1. The Labute approximate surface area is 120 Å². The molecule has 0 saturated heterocycles. The first-order chi connectivity index (χ1) is 9.46. The van der Waals surface area contributed by atoms with E-state index >= 15 is 0 Å². The van der Waals surface area contributed by atoms with Gasteiger partial charge in [-0.2, -0.15) is 0 Å². The Bertz CT molecular complexity index is 531. The van der Waals surface area contributed by atoms with Crippen molar-refractivity contribution in [2.75, 3.05) is 13.1 Å². The molecule has 0 aromatic heterocycles. The number of para-hydroxylation sites is 1. The maximum atomic E-state index is 12.1. The van der Waals surface area contributed by atoms with Crippen molar-refractivity contribution in [1.82, 2.24) is 4.90 Å². The summed E-state index contributed by atoms with van der Waals surface area (Å²) in [5.41, 5.74) is 0.527. The van der Waals surface area contributed by atoms with Gasteiger partial charge in [-0.3, -0.25) is 0 Å². The number of hydrogen-bond donors (Lipinski definition) is 0. The van der Waals surface area contributed by atoms with E-state index in [1.807, 2.05) is 52.0 Å². The third-order valence-electron chi connectivity index (χ3n) is 3.26. The van der Waals surface area contributed by atoms with Gasteiger partial charge >= 0.3 is 6.09 Å². The molecule has 1 aliphatic rings. The molecule has 0 aliphatic carbocycles. The average molecular weight is 275 g/mol. The Morgan fingerprint density at radius 2 is 2.00 bits per heavy atom. The van der Waals surface area contributed by atoms with Crippen LogP contribution in [0, 0.1) is 0 Å². The first-order valence-corrected chi connectivity index (χ1v) is 6.95. The minimum Gasteiger partial charge on any atom is -0.479 e. The standard InChI is InChI=1S/C16H21NO3/c1-5-17(6-2)15(18)19-13-9-7-8-12-10-11-16(3,4)20-14(12)13/h7-11H,5-6H2,1-4H3. The molecular formula is C16H21NO3. The molecule has 108 valence electrons. The van der Waals surface area contributed by atoms with E-state index in [-0.39, 0.29) is 6.09 Å². The zero-order valence-corrected chi connectivity index (χ0v) is 12.5. The Kier molecular flexibility index (Phi) is 4.02. The van der Waals surface area contributed by atoms with Gasteiger partial charge in [0.15, 0.2) is 11.5 Å². The molecule has 1 amide bonds. The van der Waals surface area contributed by atoms with Gasteiger partial charge in [0, 0.05) is 18.7 Å². The predicted octanol–water partition coefficient (Wildman–Crippen LogP) is 3.71. The van der Waals surface area contributed by atoms with E-state index in [0.717, 1.165) is 5.56 Å². The zero-order chi connectivity index (χ0) is 14.8. The van der Waals surface area contributed by atoms with Crippen LogP contribution in [-0.2, 0) is 0 Å². The van der Waals surface area contributed by atoms with Crippen molar-refractivity contribution >= 4 is 12.2 Å². The maximum Gasteiger partial charge on any atom is 0.415 e. The van der Waals surface area contributed by atoms with Crippen LogP contribution in [0.2, 0.25) is 0 Å². The summed E-state index contributed by atoms with van der Waals surface area (Å²) in [7, 11) is 0. The summed E-state index contributed by atoms with van der Waals surface area (Å²) in [6.45, 7) is 9.03. The molecule has 2 rings (SSSR count). The van der Waals surface area contributed by atoms with Crippen molar-refractivity contribution in [2.45, 2.75) is 33.3 Å². The van der Waals surface area contributed by atoms with Crippen LogP contribution in [0.5, 0.6) is 11.5 Å². The lowest BCUT2D eigenvalue weighted by Crippen LogP contribution is -2.33. The number of rotatable bonds is 3. The fourth-order valence-electron chi connectivity index (χ4n) is 2.08. The normalized spacial score (nSPS) is 15.2. The highest BCUT2D eigenvalue weighted by Crippen LogP contribution is 2.38. The molecule has 0 fully saturated rings. The quantitative estimate of drug-likeness (QED) is 0.844. The summed E-state index contributed by atoms with van der Waals surface area (Å²) < 4.78 is 11.4. The highest BCUT2D eigenvalue weighted by atomic mass is 16.6. The topological polar surface area (TPSA) is 38.8 Å². The first-order valence-electron chi connectivity index (χ1n) is 6.95. The minimum absolute atomic E-state index is 0.348. The van der Waals surface area contributed by atoms with Gasteiger partial charge < -0.3 is 14.4 Å². The largest absolute Gasteiger partial charge is 0.479 e. The molecule has 1 aromatic carbocycles. The van der Waals surface area contributed by atoms with Gasteiger partial charge in [-0.05, 0) is 39.8 Å². The van der Waals surface area contributed by atoms with Crippen molar-refractivity contribution in [3.05, 3.63) is 29.8 Å². The Balaban J connectivity index is 2.27. The second-order valence-electron chi connectivity index (χ2n) is 5.25. The summed E-state index contributed by atoms with van der Waals surface area (Å²) in [5.74, 6) is 1.09. The summed E-state index contributed by atoms with van der Waals surface area (Å²) in [6.07, 6.45) is 3.64. The molecule has 0 N–H and O–H groups in total. The van der Waals surface area contributed by atoms with Crippen molar-refractivity contribution in [3.8, 4) is 11.5 Å². The average Bonchev–Trinajstić information content (AvgIpc) is 2.40. The van der Waals surface area contributed by atoms with E-state index in [1.165, 1.54) is 0 Å². The fraction of sp³-hybridized carbons (Fsp3) is 0.438. The van der Waals surface area contributed by atoms with E-state index in [0.29, 0.717) is 24.6 Å². The monoisotopic (exact) mass is 275 g/mol. The van der Waals surface area contributed by atoms with Crippen molar-refractivity contribution in [2.24, 2.45) is 0 Å². The van der Waals surface area contributed by atoms with Crippen molar-refractivity contribution < 1.29 is 14.3 Å². The molecule has 1 aromatic rings. The van der Waals surface area contributed by atoms with Crippen molar-refractivity contribution in [1.29, 1.82) is 0 Å². The van der Waals surface area contributed by atoms with Crippen LogP contribution in [0.3, 0.4) is 0 Å². The molecule has 0 spiro atoms. The van der Waals surface area contributed by atoms with Crippen LogP contribution in [0.25, 0.3) is 6.08 Å². The highest BCUT2D eigenvalue weighted by molar-refractivity contribution is 5.74. The molecule has 0 bridgehead atoms. The van der Waals surface area contributed by atoms with Gasteiger partial charge in [0.05, 0.1) is 0 Å². The van der Waals surface area contributed by atoms with Crippen LogP contribution >= 0.6 is 0 Å². The van der Waals surface area contributed by atoms with Crippen LogP contribution in [0.1, 0.15) is 33.3 Å². The van der Waals surface area contributed by atoms with Gasteiger partial charge in [0.1, 0.15) is 5.60 Å². The lowest BCUT2D eigenvalue weighted by atomic mass is 10.0. The Hall–Kier alpha value is -1.97. The second-order valence-corrected chi connectivity index (χ2v) is 5.25. The number of carbonyl (C=O) groups excluding carboxylic acids is 1. The second kappa shape index (κ2) is 5.57. The van der Waals surface area contributed by atoms with E-state index in [1.54, 1.807) is 11.0 Å². The van der Waals surface area contributed by atoms with E-state index in [2.05, 4.69) is 0 Å². The molecule has 1 heterocycles. The number of hydrogen-bond acceptors (Lipinski definition) is 3. The van der Waals surface area contributed by atoms with Gasteiger partial charge in [-0.15, -0.1) is 0 Å². The van der Waals surface area contributed by atoms with Crippen LogP contribution in [0.15, 0.2) is 24.3 Å². The number of fused-ring (bicyclic) bond motifs is 1. The van der Waals surface area contributed by atoms with Gasteiger partial charge in [0.2, 0.25) is 0 Å². The molecule has 1 aliphatic heterocycles. The lowest BCUT2D eigenvalue weighted by Gasteiger charge is -2.29. The summed E-state index contributed by atoms with van der Waals surface area (Å²) >= 11 is 0. The lowest BCUT2D eigenvalue weighted by molar-refractivity contribution is 0.137. The molecule has 4 heteroatoms. The SMILES string of the molecule is CCN(CC)C(=O)Oc1cccc2c1OC(C)(C)C=C2. The van der Waals surface area contributed by atoms with Crippen LogP contribution < -0.4 is 9.47 Å². The third-order valence-corrected chi connectivity index (χ3v) is 3.26. The summed E-state index contributed by atoms with van der Waals surface area (Å²) in [5, 5.41) is 0. The minimum atomic E-state index is -0.398. The maximum absolute atomic E-state index is 12.1. The van der Waals surface area contributed by atoms with E-state index < -0.39 is 5.60 Å². The molecule has 0 saturated carbocycles. The molecular weight excluding hydrogens is 254 g/mol. The first kappa shape index (κ1) is 14.4. The molecule has 20 heavy (non-hydrogen) atoms. The van der Waals surface area contributed by atoms with Crippen LogP contribution in [0.4, 0.5) is 4.79 Å². The van der Waals surface area contributed by atoms with E-state index in [4.69, 9.17) is 9.47 Å². The molecule has 0 atom stereocenters. The van der Waals surface area contributed by atoms with Crippen molar-refractivity contribution in [3.63, 3.8) is 0 Å². The molecule has 4 nitrogen and oxygen atoms in total. The smallest absolute Gasteiger partial charge is 0.415 e. The number of ether oxygens (including phenoxy) is 2. The number of carbonyl (C=O) groups is 1. The van der Waals surface area contributed by atoms with E-state index in [9.17, 15) is 4.79 Å². The summed E-state index contributed by atoms with van der Waals surface area (Å²) in [6, 6.07) is 5.56. The van der Waals surface area contributed by atoms with Gasteiger partial charge in [-0.1, -0.05) is 18.2 Å². The Morgan fingerprint density at radius 3 is 2.65 bits per heavy atom. The zero-order valence-electron chi connectivity index (χ0n) is 12.5. The number of nitrogens with zero attached hydrogens (tertiary/aromatic N) is 1. The predicted molar refractivity (Wildman–Crippen MR) is 79.1 cm³/mol. The Morgan fingerprint density at radius 1 is 1.30 bits per heavy atom. The summed E-state index contributed by atoms with van der Waals surface area (Å²) in [4.78, 5) is 13.7. The highest BCUT2D eigenvalue weighted by Gasteiger charge is 2.25. The third kappa shape index (κ3) is 2.95. The molecule has 0 radical (unpaired) electrons. The molecule has 0 unspecified atom stereocenters. The van der Waals surface area contributed by atoms with Crippen LogP contribution in [-0.4, -0.2) is 29.7 Å². The van der Waals surface area contributed by atoms with Gasteiger partial charge in [0.25, 0.3) is 0 Å².